The van der Waals surface area contributed by atoms with Crippen LogP contribution in [0, 0.1) is 17.1 Å². The average Bonchev–Trinajstić information content (AvgIpc) is 2.39. The SMILES string of the molecule is N#Cc1ccc(F)c(-c2ccc(C(=O)O)cn2)c1. The van der Waals surface area contributed by atoms with Crippen LogP contribution in [0.15, 0.2) is 36.5 Å². The first kappa shape index (κ1) is 11.7. The molecule has 88 valence electrons. The predicted octanol–water partition coefficient (Wildman–Crippen LogP) is 2.46. The van der Waals surface area contributed by atoms with Gasteiger partial charge in [-0.3, -0.25) is 4.98 Å². The van der Waals surface area contributed by atoms with Gasteiger partial charge >= 0.3 is 5.97 Å². The first-order chi connectivity index (χ1) is 8.61. The molecule has 1 heterocycles. The van der Waals surface area contributed by atoms with E-state index in [-0.39, 0.29) is 16.8 Å². The Balaban J connectivity index is 2.49. The van der Waals surface area contributed by atoms with Crippen LogP contribution in [0.25, 0.3) is 11.3 Å². The molecule has 0 spiro atoms. The summed E-state index contributed by atoms with van der Waals surface area (Å²) in [5.74, 6) is -1.61. The number of carboxylic acid groups (broad SMARTS) is 1. The van der Waals surface area contributed by atoms with Crippen molar-refractivity contribution in [3.8, 4) is 17.3 Å². The fraction of sp³-hybridized carbons (Fsp3) is 0. The average molecular weight is 242 g/mol. The molecule has 1 aromatic carbocycles. The Morgan fingerprint density at radius 2 is 2.11 bits per heavy atom. The first-order valence-electron chi connectivity index (χ1n) is 5.01. The van der Waals surface area contributed by atoms with Gasteiger partial charge in [-0.2, -0.15) is 5.26 Å². The van der Waals surface area contributed by atoms with Gasteiger partial charge in [0.2, 0.25) is 0 Å². The largest absolute Gasteiger partial charge is 0.478 e. The molecule has 1 N–H and O–H groups in total. The molecule has 0 saturated heterocycles. The highest BCUT2D eigenvalue weighted by Gasteiger charge is 2.09. The number of carboxylic acids is 1. The maximum atomic E-state index is 13.6. The van der Waals surface area contributed by atoms with E-state index in [1.54, 1.807) is 0 Å². The van der Waals surface area contributed by atoms with Crippen LogP contribution in [0.3, 0.4) is 0 Å². The molecule has 0 fully saturated rings. The van der Waals surface area contributed by atoms with Gasteiger partial charge in [0.05, 0.1) is 22.9 Å². The van der Waals surface area contributed by atoms with Crippen LogP contribution in [-0.4, -0.2) is 16.1 Å². The van der Waals surface area contributed by atoms with Gasteiger partial charge in [0.1, 0.15) is 5.82 Å². The van der Waals surface area contributed by atoms with Crippen LogP contribution < -0.4 is 0 Å². The number of halogens is 1. The van der Waals surface area contributed by atoms with E-state index in [1.807, 2.05) is 6.07 Å². The van der Waals surface area contributed by atoms with Gasteiger partial charge < -0.3 is 5.11 Å². The lowest BCUT2D eigenvalue weighted by Gasteiger charge is -2.03. The van der Waals surface area contributed by atoms with E-state index in [1.165, 1.54) is 30.3 Å². The molecule has 0 aliphatic rings. The maximum absolute atomic E-state index is 13.6. The highest BCUT2D eigenvalue weighted by Crippen LogP contribution is 2.22. The number of carbonyl (C=O) groups is 1. The number of hydrogen-bond donors (Lipinski definition) is 1. The lowest BCUT2D eigenvalue weighted by atomic mass is 10.1. The molecule has 5 heteroatoms. The number of pyridine rings is 1. The van der Waals surface area contributed by atoms with Gasteiger partial charge in [0.25, 0.3) is 0 Å². The molecule has 0 radical (unpaired) electrons. The molecular formula is C13H7FN2O2. The number of hydrogen-bond acceptors (Lipinski definition) is 3. The quantitative estimate of drug-likeness (QED) is 0.877. The summed E-state index contributed by atoms with van der Waals surface area (Å²) in [6.07, 6.45) is 1.15. The Bertz CT molecular complexity index is 645. The van der Waals surface area contributed by atoms with Crippen LogP contribution in [0.2, 0.25) is 0 Å². The molecule has 0 amide bonds. The second kappa shape index (κ2) is 4.63. The Labute approximate surface area is 102 Å². The van der Waals surface area contributed by atoms with E-state index in [4.69, 9.17) is 10.4 Å². The second-order valence-corrected chi connectivity index (χ2v) is 3.54. The van der Waals surface area contributed by atoms with Crippen molar-refractivity contribution in [3.05, 3.63) is 53.5 Å². The van der Waals surface area contributed by atoms with E-state index in [0.29, 0.717) is 5.56 Å². The number of nitrogens with zero attached hydrogens (tertiary/aromatic N) is 2. The smallest absolute Gasteiger partial charge is 0.337 e. The second-order valence-electron chi connectivity index (χ2n) is 3.54. The van der Waals surface area contributed by atoms with Crippen molar-refractivity contribution in [2.45, 2.75) is 0 Å². The number of rotatable bonds is 2. The number of aromatic nitrogens is 1. The minimum Gasteiger partial charge on any atom is -0.478 e. The molecule has 4 nitrogen and oxygen atoms in total. The summed E-state index contributed by atoms with van der Waals surface area (Å²) in [7, 11) is 0. The molecule has 0 unspecified atom stereocenters. The minimum absolute atomic E-state index is 0.0237. The molecule has 1 aromatic heterocycles. The van der Waals surface area contributed by atoms with Crippen molar-refractivity contribution >= 4 is 5.97 Å². The van der Waals surface area contributed by atoms with Gasteiger partial charge in [-0.1, -0.05) is 0 Å². The van der Waals surface area contributed by atoms with E-state index < -0.39 is 11.8 Å². The number of aromatic carboxylic acids is 1. The maximum Gasteiger partial charge on any atom is 0.337 e. The Kier molecular flexibility index (Phi) is 3.02. The molecule has 0 atom stereocenters. The molecule has 18 heavy (non-hydrogen) atoms. The van der Waals surface area contributed by atoms with Crippen molar-refractivity contribution in [2.24, 2.45) is 0 Å². The van der Waals surface area contributed by atoms with Crippen molar-refractivity contribution in [2.75, 3.05) is 0 Å². The third-order valence-corrected chi connectivity index (χ3v) is 2.38. The van der Waals surface area contributed by atoms with Gasteiger partial charge in [-0.15, -0.1) is 0 Å². The highest BCUT2D eigenvalue weighted by atomic mass is 19.1. The summed E-state index contributed by atoms with van der Waals surface area (Å²) in [6.45, 7) is 0. The van der Waals surface area contributed by atoms with Crippen molar-refractivity contribution in [1.82, 2.24) is 4.98 Å². The van der Waals surface area contributed by atoms with Crippen LogP contribution in [-0.2, 0) is 0 Å². The zero-order chi connectivity index (χ0) is 13.1. The summed E-state index contributed by atoms with van der Waals surface area (Å²) >= 11 is 0. The molecule has 0 aliphatic heterocycles. The van der Waals surface area contributed by atoms with E-state index in [2.05, 4.69) is 4.98 Å². The fourth-order valence-electron chi connectivity index (χ4n) is 1.47. The molecule has 0 aliphatic carbocycles. The predicted molar refractivity (Wildman–Crippen MR) is 61.3 cm³/mol. The third-order valence-electron chi connectivity index (χ3n) is 2.38. The third kappa shape index (κ3) is 2.18. The monoisotopic (exact) mass is 242 g/mol. The molecule has 0 saturated carbocycles. The summed E-state index contributed by atoms with van der Waals surface area (Å²) < 4.78 is 13.6. The van der Waals surface area contributed by atoms with Gasteiger partial charge in [-0.05, 0) is 30.3 Å². The van der Waals surface area contributed by atoms with E-state index >= 15 is 0 Å². The zero-order valence-corrected chi connectivity index (χ0v) is 9.09. The fourth-order valence-corrected chi connectivity index (χ4v) is 1.47. The molecule has 0 bridgehead atoms. The van der Waals surface area contributed by atoms with Crippen LogP contribution in [0.1, 0.15) is 15.9 Å². The first-order valence-corrected chi connectivity index (χ1v) is 5.01. The standard InChI is InChI=1S/C13H7FN2O2/c14-11-3-1-8(6-15)5-10(11)12-4-2-9(7-16-12)13(17)18/h1-5,7H,(H,17,18). The summed E-state index contributed by atoms with van der Waals surface area (Å²) in [5.41, 5.74) is 0.798. The Morgan fingerprint density at radius 1 is 1.33 bits per heavy atom. The lowest BCUT2D eigenvalue weighted by Crippen LogP contribution is -1.97. The lowest BCUT2D eigenvalue weighted by molar-refractivity contribution is 0.0696. The van der Waals surface area contributed by atoms with Crippen molar-refractivity contribution in [3.63, 3.8) is 0 Å². The van der Waals surface area contributed by atoms with Crippen LogP contribution >= 0.6 is 0 Å². The van der Waals surface area contributed by atoms with Crippen molar-refractivity contribution < 1.29 is 14.3 Å². The topological polar surface area (TPSA) is 74.0 Å². The summed E-state index contributed by atoms with van der Waals surface area (Å²) in [4.78, 5) is 14.5. The molecule has 2 rings (SSSR count). The van der Waals surface area contributed by atoms with Gasteiger partial charge in [0, 0.05) is 11.8 Å². The summed E-state index contributed by atoms with van der Waals surface area (Å²) in [6, 6.07) is 8.57. The molecule has 2 aromatic rings. The molecular weight excluding hydrogens is 235 g/mol. The summed E-state index contributed by atoms with van der Waals surface area (Å²) in [5, 5.41) is 17.5. The Hall–Kier alpha value is -2.74. The number of benzene rings is 1. The van der Waals surface area contributed by atoms with Crippen LogP contribution in [0.4, 0.5) is 4.39 Å². The van der Waals surface area contributed by atoms with E-state index in [9.17, 15) is 9.18 Å². The van der Waals surface area contributed by atoms with Gasteiger partial charge in [0.15, 0.2) is 0 Å². The normalized spacial score (nSPS) is 9.78. The van der Waals surface area contributed by atoms with Crippen LogP contribution in [0.5, 0.6) is 0 Å². The van der Waals surface area contributed by atoms with Crippen molar-refractivity contribution in [1.29, 1.82) is 5.26 Å². The van der Waals surface area contributed by atoms with Gasteiger partial charge in [-0.25, -0.2) is 9.18 Å². The Morgan fingerprint density at radius 3 is 2.67 bits per heavy atom. The zero-order valence-electron chi connectivity index (χ0n) is 9.09. The minimum atomic E-state index is -1.10. The highest BCUT2D eigenvalue weighted by molar-refractivity contribution is 5.87. The number of nitriles is 1. The van der Waals surface area contributed by atoms with E-state index in [0.717, 1.165) is 6.20 Å².